The fourth-order valence-electron chi connectivity index (χ4n) is 2.07. The van der Waals surface area contributed by atoms with E-state index in [0.29, 0.717) is 6.42 Å². The molecule has 0 rings (SSSR count). The van der Waals surface area contributed by atoms with E-state index in [1.165, 1.54) is 19.3 Å². The highest BCUT2D eigenvalue weighted by Gasteiger charge is 2.11. The third-order valence-corrected chi connectivity index (χ3v) is 3.44. The van der Waals surface area contributed by atoms with Crippen molar-refractivity contribution in [1.82, 2.24) is 5.32 Å². The maximum atomic E-state index is 11.8. The van der Waals surface area contributed by atoms with Crippen LogP contribution in [0, 0.1) is 5.92 Å². The summed E-state index contributed by atoms with van der Waals surface area (Å²) in [5.41, 5.74) is 0. The van der Waals surface area contributed by atoms with Crippen LogP contribution in [0.2, 0.25) is 0 Å². The average Bonchev–Trinajstić information content (AvgIpc) is 2.37. The summed E-state index contributed by atoms with van der Waals surface area (Å²) < 4.78 is 0. The first-order valence-corrected chi connectivity index (χ1v) is 7.85. The molecule has 0 radical (unpaired) electrons. The fraction of sp³-hybridized carbons (Fsp3) is 0.875. The van der Waals surface area contributed by atoms with Gasteiger partial charge in [0.1, 0.15) is 5.78 Å². The van der Waals surface area contributed by atoms with E-state index in [4.69, 9.17) is 0 Å². The highest BCUT2D eigenvalue weighted by molar-refractivity contribution is 5.78. The molecule has 1 amide bonds. The summed E-state index contributed by atoms with van der Waals surface area (Å²) in [5.74, 6) is 0.571. The standard InChI is InChI=1S/C16H31NO2/c1-4-5-6-8-11-14(2)16(19)17-13-10-7-9-12-15(3)18/h14H,4-13H2,1-3H3,(H,17,19). The summed E-state index contributed by atoms with van der Waals surface area (Å²) in [4.78, 5) is 22.5. The number of ketones is 1. The second-order valence-electron chi connectivity index (χ2n) is 5.55. The van der Waals surface area contributed by atoms with Gasteiger partial charge < -0.3 is 10.1 Å². The minimum atomic E-state index is 0.133. The molecular weight excluding hydrogens is 238 g/mol. The molecule has 3 nitrogen and oxygen atoms in total. The number of Topliss-reactive ketones (excluding diaryl/α,β-unsaturated/α-hetero) is 1. The van der Waals surface area contributed by atoms with Crippen LogP contribution >= 0.6 is 0 Å². The van der Waals surface area contributed by atoms with Crippen LogP contribution in [-0.2, 0) is 9.59 Å². The van der Waals surface area contributed by atoms with Crippen molar-refractivity contribution in [3.8, 4) is 0 Å². The molecule has 0 bridgehead atoms. The van der Waals surface area contributed by atoms with Crippen molar-refractivity contribution >= 4 is 11.7 Å². The van der Waals surface area contributed by atoms with Gasteiger partial charge in [-0.25, -0.2) is 0 Å². The van der Waals surface area contributed by atoms with E-state index < -0.39 is 0 Å². The molecular formula is C16H31NO2. The molecule has 0 saturated carbocycles. The number of amides is 1. The third-order valence-electron chi connectivity index (χ3n) is 3.44. The molecule has 0 saturated heterocycles. The highest BCUT2D eigenvalue weighted by Crippen LogP contribution is 2.10. The Morgan fingerprint density at radius 2 is 1.68 bits per heavy atom. The van der Waals surface area contributed by atoms with Crippen molar-refractivity contribution in [2.24, 2.45) is 5.92 Å². The van der Waals surface area contributed by atoms with Gasteiger partial charge in [-0.1, -0.05) is 46.0 Å². The maximum Gasteiger partial charge on any atom is 0.222 e. The van der Waals surface area contributed by atoms with Crippen molar-refractivity contribution in [1.29, 1.82) is 0 Å². The fourth-order valence-corrected chi connectivity index (χ4v) is 2.07. The van der Waals surface area contributed by atoms with E-state index in [0.717, 1.165) is 38.6 Å². The van der Waals surface area contributed by atoms with Crippen molar-refractivity contribution < 1.29 is 9.59 Å². The topological polar surface area (TPSA) is 46.2 Å². The highest BCUT2D eigenvalue weighted by atomic mass is 16.1. The van der Waals surface area contributed by atoms with Crippen molar-refractivity contribution in [3.63, 3.8) is 0 Å². The summed E-state index contributed by atoms with van der Waals surface area (Å²) in [6.07, 6.45) is 9.49. The molecule has 112 valence electrons. The van der Waals surface area contributed by atoms with Crippen molar-refractivity contribution in [2.75, 3.05) is 6.54 Å². The molecule has 1 unspecified atom stereocenters. The number of nitrogens with one attached hydrogen (secondary N) is 1. The van der Waals surface area contributed by atoms with Crippen LogP contribution in [0.5, 0.6) is 0 Å². The van der Waals surface area contributed by atoms with Gasteiger partial charge in [0.05, 0.1) is 0 Å². The maximum absolute atomic E-state index is 11.8. The van der Waals surface area contributed by atoms with Gasteiger partial charge in [-0.15, -0.1) is 0 Å². The predicted octanol–water partition coefficient (Wildman–Crippen LogP) is 3.86. The van der Waals surface area contributed by atoms with Gasteiger partial charge in [0.2, 0.25) is 5.91 Å². The Hall–Kier alpha value is -0.860. The second-order valence-corrected chi connectivity index (χ2v) is 5.55. The number of carbonyl (C=O) groups excluding carboxylic acids is 2. The minimum Gasteiger partial charge on any atom is -0.356 e. The van der Waals surface area contributed by atoms with Crippen LogP contribution in [-0.4, -0.2) is 18.2 Å². The zero-order valence-corrected chi connectivity index (χ0v) is 13.0. The molecule has 0 aromatic rings. The SMILES string of the molecule is CCCCCCC(C)C(=O)NCCCCCC(C)=O. The van der Waals surface area contributed by atoms with Crippen LogP contribution in [0.25, 0.3) is 0 Å². The molecule has 3 heteroatoms. The Morgan fingerprint density at radius 1 is 1.00 bits per heavy atom. The summed E-state index contributed by atoms with van der Waals surface area (Å²) in [6.45, 7) is 6.58. The summed E-state index contributed by atoms with van der Waals surface area (Å²) in [5, 5.41) is 2.99. The Balaban J connectivity index is 3.43. The third kappa shape index (κ3) is 11.9. The van der Waals surface area contributed by atoms with Crippen LogP contribution < -0.4 is 5.32 Å². The Kier molecular flexibility index (Phi) is 11.6. The molecule has 0 aliphatic carbocycles. The molecule has 0 fully saturated rings. The smallest absolute Gasteiger partial charge is 0.222 e. The quantitative estimate of drug-likeness (QED) is 0.547. The molecule has 1 atom stereocenters. The zero-order chi connectivity index (χ0) is 14.5. The van der Waals surface area contributed by atoms with Gasteiger partial charge in [0.25, 0.3) is 0 Å². The van der Waals surface area contributed by atoms with E-state index >= 15 is 0 Å². The summed E-state index contributed by atoms with van der Waals surface area (Å²) in [6, 6.07) is 0. The Morgan fingerprint density at radius 3 is 2.32 bits per heavy atom. The first kappa shape index (κ1) is 18.1. The van der Waals surface area contributed by atoms with Crippen LogP contribution in [0.3, 0.4) is 0 Å². The molecule has 0 aliphatic heterocycles. The lowest BCUT2D eigenvalue weighted by Crippen LogP contribution is -2.30. The van der Waals surface area contributed by atoms with Crippen molar-refractivity contribution in [2.45, 2.75) is 78.6 Å². The molecule has 0 spiro atoms. The van der Waals surface area contributed by atoms with Gasteiger partial charge >= 0.3 is 0 Å². The number of carbonyl (C=O) groups is 2. The summed E-state index contributed by atoms with van der Waals surface area (Å²) >= 11 is 0. The molecule has 0 aliphatic rings. The predicted molar refractivity (Wildman–Crippen MR) is 80.1 cm³/mol. The molecule has 0 heterocycles. The molecule has 0 aromatic carbocycles. The lowest BCUT2D eigenvalue weighted by Gasteiger charge is -2.11. The first-order chi connectivity index (χ1) is 9.07. The van der Waals surface area contributed by atoms with E-state index in [2.05, 4.69) is 12.2 Å². The van der Waals surface area contributed by atoms with Crippen molar-refractivity contribution in [3.05, 3.63) is 0 Å². The van der Waals surface area contributed by atoms with E-state index in [-0.39, 0.29) is 17.6 Å². The van der Waals surface area contributed by atoms with E-state index in [1.54, 1.807) is 6.92 Å². The van der Waals surface area contributed by atoms with Crippen LogP contribution in [0.4, 0.5) is 0 Å². The first-order valence-electron chi connectivity index (χ1n) is 7.85. The van der Waals surface area contributed by atoms with Gasteiger partial charge in [0, 0.05) is 18.9 Å². The zero-order valence-electron chi connectivity index (χ0n) is 13.0. The van der Waals surface area contributed by atoms with E-state index in [1.807, 2.05) is 6.92 Å². The molecule has 1 N–H and O–H groups in total. The average molecular weight is 269 g/mol. The number of hydrogen-bond donors (Lipinski definition) is 1. The Bertz CT molecular complexity index is 251. The van der Waals surface area contributed by atoms with Gasteiger partial charge in [-0.05, 0) is 26.2 Å². The largest absolute Gasteiger partial charge is 0.356 e. The molecule has 19 heavy (non-hydrogen) atoms. The normalized spacial score (nSPS) is 12.2. The van der Waals surface area contributed by atoms with Crippen LogP contribution in [0.15, 0.2) is 0 Å². The van der Waals surface area contributed by atoms with Gasteiger partial charge in [0.15, 0.2) is 0 Å². The second kappa shape index (κ2) is 12.2. The molecule has 0 aromatic heterocycles. The lowest BCUT2D eigenvalue weighted by molar-refractivity contribution is -0.124. The monoisotopic (exact) mass is 269 g/mol. The van der Waals surface area contributed by atoms with Gasteiger partial charge in [-0.2, -0.15) is 0 Å². The van der Waals surface area contributed by atoms with Crippen LogP contribution in [0.1, 0.15) is 78.6 Å². The Labute approximate surface area is 118 Å². The lowest BCUT2D eigenvalue weighted by atomic mass is 10.0. The summed E-state index contributed by atoms with van der Waals surface area (Å²) in [7, 11) is 0. The number of hydrogen-bond acceptors (Lipinski definition) is 2. The number of unbranched alkanes of at least 4 members (excludes halogenated alkanes) is 5. The van der Waals surface area contributed by atoms with E-state index in [9.17, 15) is 9.59 Å². The number of rotatable bonds is 12. The minimum absolute atomic E-state index is 0.133. The van der Waals surface area contributed by atoms with Gasteiger partial charge in [-0.3, -0.25) is 4.79 Å².